The Kier molecular flexibility index (Phi) is 2.88. The van der Waals surface area contributed by atoms with E-state index in [4.69, 9.17) is 5.73 Å². The van der Waals surface area contributed by atoms with E-state index in [2.05, 4.69) is 51.1 Å². The van der Waals surface area contributed by atoms with Crippen molar-refractivity contribution in [3.05, 3.63) is 54.5 Å². The van der Waals surface area contributed by atoms with Crippen molar-refractivity contribution in [3.8, 4) is 0 Å². The molecule has 21 heavy (non-hydrogen) atoms. The highest BCUT2D eigenvalue weighted by atomic mass is 15.1. The van der Waals surface area contributed by atoms with Crippen molar-refractivity contribution in [2.24, 2.45) is 0 Å². The molecular formula is C17H18N4. The maximum Gasteiger partial charge on any atom is 0.145 e. The summed E-state index contributed by atoms with van der Waals surface area (Å²) < 4.78 is 2.27. The summed E-state index contributed by atoms with van der Waals surface area (Å²) in [5, 5.41) is 0.959. The fourth-order valence-corrected chi connectivity index (χ4v) is 3.52. The van der Waals surface area contributed by atoms with E-state index in [0.29, 0.717) is 17.8 Å². The molecule has 2 unspecified atom stereocenters. The summed E-state index contributed by atoms with van der Waals surface area (Å²) in [6.45, 7) is 0. The van der Waals surface area contributed by atoms with Gasteiger partial charge in [0.1, 0.15) is 17.8 Å². The Morgan fingerprint density at radius 3 is 2.76 bits per heavy atom. The average molecular weight is 278 g/mol. The predicted molar refractivity (Wildman–Crippen MR) is 84.0 cm³/mol. The van der Waals surface area contributed by atoms with Gasteiger partial charge in [-0.05, 0) is 36.8 Å². The summed E-state index contributed by atoms with van der Waals surface area (Å²) in [6, 6.07) is 13.3. The topological polar surface area (TPSA) is 56.7 Å². The van der Waals surface area contributed by atoms with Gasteiger partial charge in [0, 0.05) is 12.2 Å². The molecule has 0 amide bonds. The number of nitrogen functional groups attached to an aromatic ring is 1. The molecule has 2 atom stereocenters. The van der Waals surface area contributed by atoms with E-state index >= 15 is 0 Å². The first-order valence-corrected chi connectivity index (χ1v) is 7.45. The first kappa shape index (κ1) is 12.4. The van der Waals surface area contributed by atoms with Gasteiger partial charge >= 0.3 is 0 Å². The summed E-state index contributed by atoms with van der Waals surface area (Å²) in [6.07, 6.45) is 7.24. The average Bonchev–Trinajstić information content (AvgIpc) is 3.15. The molecule has 0 bridgehead atoms. The molecule has 1 aliphatic carbocycles. The van der Waals surface area contributed by atoms with Crippen LogP contribution in [0.5, 0.6) is 0 Å². The lowest BCUT2D eigenvalue weighted by molar-refractivity contribution is 0.523. The van der Waals surface area contributed by atoms with Crippen LogP contribution in [0.25, 0.3) is 11.0 Å². The molecule has 0 saturated heterocycles. The number of hydrogen-bond acceptors (Lipinski definition) is 3. The molecule has 4 heteroatoms. The third-order valence-electron chi connectivity index (χ3n) is 4.61. The molecule has 1 saturated carbocycles. The van der Waals surface area contributed by atoms with Crippen molar-refractivity contribution < 1.29 is 0 Å². The second-order valence-corrected chi connectivity index (χ2v) is 5.79. The van der Waals surface area contributed by atoms with E-state index in [0.717, 1.165) is 17.5 Å². The van der Waals surface area contributed by atoms with Gasteiger partial charge in [-0.15, -0.1) is 0 Å². The van der Waals surface area contributed by atoms with Crippen LogP contribution < -0.4 is 5.73 Å². The molecule has 2 heterocycles. The van der Waals surface area contributed by atoms with Crippen LogP contribution in [-0.4, -0.2) is 14.5 Å². The van der Waals surface area contributed by atoms with E-state index in [-0.39, 0.29) is 0 Å². The summed E-state index contributed by atoms with van der Waals surface area (Å²) in [5.74, 6) is 1.21. The van der Waals surface area contributed by atoms with Crippen molar-refractivity contribution >= 4 is 16.9 Å². The number of aromatic nitrogens is 3. The molecule has 1 fully saturated rings. The Labute approximate surface area is 123 Å². The molecule has 106 valence electrons. The van der Waals surface area contributed by atoms with E-state index in [1.54, 1.807) is 6.33 Å². The lowest BCUT2D eigenvalue weighted by Gasteiger charge is -2.14. The minimum atomic E-state index is 0.502. The maximum absolute atomic E-state index is 5.92. The van der Waals surface area contributed by atoms with Gasteiger partial charge < -0.3 is 10.3 Å². The molecule has 1 aromatic carbocycles. The van der Waals surface area contributed by atoms with Crippen molar-refractivity contribution in [2.45, 2.75) is 31.2 Å². The van der Waals surface area contributed by atoms with E-state index in [1.165, 1.54) is 18.4 Å². The van der Waals surface area contributed by atoms with Crippen LogP contribution in [0.15, 0.2) is 48.9 Å². The molecule has 4 nitrogen and oxygen atoms in total. The Balaban J connectivity index is 1.64. The third-order valence-corrected chi connectivity index (χ3v) is 4.61. The van der Waals surface area contributed by atoms with Gasteiger partial charge in [0.2, 0.25) is 0 Å². The van der Waals surface area contributed by atoms with Crippen LogP contribution >= 0.6 is 0 Å². The first-order valence-electron chi connectivity index (χ1n) is 7.45. The smallest absolute Gasteiger partial charge is 0.145 e. The number of anilines is 1. The highest BCUT2D eigenvalue weighted by Crippen LogP contribution is 2.42. The number of benzene rings is 1. The highest BCUT2D eigenvalue weighted by molar-refractivity contribution is 5.86. The van der Waals surface area contributed by atoms with Crippen molar-refractivity contribution in [1.29, 1.82) is 0 Å². The number of hydrogen-bond donors (Lipinski definition) is 1. The lowest BCUT2D eigenvalue weighted by Crippen LogP contribution is -2.05. The number of nitrogens with two attached hydrogens (primary N) is 1. The van der Waals surface area contributed by atoms with Crippen LogP contribution in [-0.2, 0) is 0 Å². The second-order valence-electron chi connectivity index (χ2n) is 5.79. The molecule has 2 aromatic heterocycles. The molecule has 2 N–H and O–H groups in total. The van der Waals surface area contributed by atoms with Crippen LogP contribution in [0, 0.1) is 0 Å². The monoisotopic (exact) mass is 278 g/mol. The van der Waals surface area contributed by atoms with E-state index in [9.17, 15) is 0 Å². The summed E-state index contributed by atoms with van der Waals surface area (Å²) in [4.78, 5) is 8.48. The lowest BCUT2D eigenvalue weighted by atomic mass is 9.98. The SMILES string of the molecule is Nc1ncnc2c1ccn2C1CCC(c2ccccc2)C1. The zero-order chi connectivity index (χ0) is 14.2. The van der Waals surface area contributed by atoms with E-state index < -0.39 is 0 Å². The van der Waals surface area contributed by atoms with Crippen LogP contribution in [0.1, 0.15) is 36.8 Å². The number of nitrogens with zero attached hydrogens (tertiary/aromatic N) is 3. The predicted octanol–water partition coefficient (Wildman–Crippen LogP) is 3.52. The van der Waals surface area contributed by atoms with Crippen LogP contribution in [0.3, 0.4) is 0 Å². The van der Waals surface area contributed by atoms with Gasteiger partial charge in [0.15, 0.2) is 0 Å². The normalized spacial score (nSPS) is 21.9. The maximum atomic E-state index is 5.92. The molecule has 0 radical (unpaired) electrons. The van der Waals surface area contributed by atoms with Crippen molar-refractivity contribution in [1.82, 2.24) is 14.5 Å². The van der Waals surface area contributed by atoms with Crippen molar-refractivity contribution in [2.75, 3.05) is 5.73 Å². The Morgan fingerprint density at radius 1 is 1.05 bits per heavy atom. The molecule has 4 rings (SSSR count). The second kappa shape index (κ2) is 4.88. The van der Waals surface area contributed by atoms with Gasteiger partial charge in [-0.3, -0.25) is 0 Å². The summed E-state index contributed by atoms with van der Waals surface area (Å²) in [7, 11) is 0. The van der Waals surface area contributed by atoms with Gasteiger partial charge in [-0.1, -0.05) is 30.3 Å². The van der Waals surface area contributed by atoms with Crippen LogP contribution in [0.2, 0.25) is 0 Å². The number of fused-ring (bicyclic) bond motifs is 1. The third kappa shape index (κ3) is 2.07. The minimum absolute atomic E-state index is 0.502. The zero-order valence-corrected chi connectivity index (χ0v) is 11.8. The standard InChI is InChI=1S/C17H18N4/c18-16-15-8-9-21(17(15)20-11-19-16)14-7-6-13(10-14)12-4-2-1-3-5-12/h1-5,8-9,11,13-14H,6-7,10H2,(H2,18,19,20). The molecule has 1 aliphatic rings. The van der Waals surface area contributed by atoms with Crippen molar-refractivity contribution in [3.63, 3.8) is 0 Å². The minimum Gasteiger partial charge on any atom is -0.383 e. The fraction of sp³-hybridized carbons (Fsp3) is 0.294. The molecule has 3 aromatic rings. The Morgan fingerprint density at radius 2 is 1.90 bits per heavy atom. The first-order chi connectivity index (χ1) is 10.3. The van der Waals surface area contributed by atoms with Gasteiger partial charge in [0.25, 0.3) is 0 Å². The zero-order valence-electron chi connectivity index (χ0n) is 11.8. The van der Waals surface area contributed by atoms with E-state index in [1.807, 2.05) is 6.07 Å². The van der Waals surface area contributed by atoms with Gasteiger partial charge in [-0.25, -0.2) is 9.97 Å². The molecule has 0 spiro atoms. The fourth-order valence-electron chi connectivity index (χ4n) is 3.52. The quantitative estimate of drug-likeness (QED) is 0.780. The number of rotatable bonds is 2. The summed E-state index contributed by atoms with van der Waals surface area (Å²) >= 11 is 0. The highest BCUT2D eigenvalue weighted by Gasteiger charge is 2.27. The Hall–Kier alpha value is -2.36. The molecular weight excluding hydrogens is 260 g/mol. The Bertz CT molecular complexity index is 763. The van der Waals surface area contributed by atoms with Crippen LogP contribution in [0.4, 0.5) is 5.82 Å². The molecule has 0 aliphatic heterocycles. The largest absolute Gasteiger partial charge is 0.383 e. The van der Waals surface area contributed by atoms with Gasteiger partial charge in [0.05, 0.1) is 5.39 Å². The summed E-state index contributed by atoms with van der Waals surface area (Å²) in [5.41, 5.74) is 8.33. The van der Waals surface area contributed by atoms with Gasteiger partial charge in [-0.2, -0.15) is 0 Å².